The molecule has 0 aromatic carbocycles. The van der Waals surface area contributed by atoms with Crippen LogP contribution in [0.5, 0.6) is 0 Å². The van der Waals surface area contributed by atoms with E-state index < -0.39 is 5.60 Å². The number of pyridine rings is 1. The second-order valence-electron chi connectivity index (χ2n) is 7.89. The van der Waals surface area contributed by atoms with Crippen LogP contribution < -0.4 is 5.32 Å². The summed E-state index contributed by atoms with van der Waals surface area (Å²) in [5.74, 6) is 0.377. The summed E-state index contributed by atoms with van der Waals surface area (Å²) in [5, 5.41) is 18.3. The molecule has 2 aliphatic rings. The van der Waals surface area contributed by atoms with Crippen LogP contribution in [0, 0.1) is 0 Å². The lowest BCUT2D eigenvalue weighted by molar-refractivity contribution is 0.0450. The SMILES string of the molecule is CC(C)c1noc2nc(C3CC3)cc(C(=O)NCC3(O)CCCC3)c12. The van der Waals surface area contributed by atoms with Crippen LogP contribution in [-0.4, -0.2) is 33.3 Å². The number of rotatable bonds is 5. The van der Waals surface area contributed by atoms with Crippen molar-refractivity contribution in [1.82, 2.24) is 15.5 Å². The van der Waals surface area contributed by atoms with Gasteiger partial charge in [-0.1, -0.05) is 31.8 Å². The van der Waals surface area contributed by atoms with E-state index in [0.717, 1.165) is 49.9 Å². The molecule has 0 radical (unpaired) electrons. The van der Waals surface area contributed by atoms with Gasteiger partial charge in [0.05, 0.1) is 22.2 Å². The van der Waals surface area contributed by atoms with E-state index in [1.807, 2.05) is 19.9 Å². The second kappa shape index (κ2) is 6.09. The van der Waals surface area contributed by atoms with Crippen LogP contribution >= 0.6 is 0 Å². The van der Waals surface area contributed by atoms with Gasteiger partial charge in [0, 0.05) is 18.2 Å². The van der Waals surface area contributed by atoms with E-state index in [0.29, 0.717) is 22.6 Å². The number of amides is 1. The molecule has 1 amide bonds. The second-order valence-corrected chi connectivity index (χ2v) is 7.89. The number of nitrogens with one attached hydrogen (secondary N) is 1. The first kappa shape index (κ1) is 16.5. The van der Waals surface area contributed by atoms with Crippen LogP contribution in [0.2, 0.25) is 0 Å². The van der Waals surface area contributed by atoms with Crippen LogP contribution in [0.1, 0.15) is 86.0 Å². The lowest BCUT2D eigenvalue weighted by Crippen LogP contribution is -2.40. The Morgan fingerprint density at radius 1 is 1.40 bits per heavy atom. The molecule has 25 heavy (non-hydrogen) atoms. The highest BCUT2D eigenvalue weighted by atomic mass is 16.5. The summed E-state index contributed by atoms with van der Waals surface area (Å²) < 4.78 is 5.43. The predicted octanol–water partition coefficient (Wildman–Crippen LogP) is 3.26. The van der Waals surface area contributed by atoms with Gasteiger partial charge < -0.3 is 14.9 Å². The lowest BCUT2D eigenvalue weighted by Gasteiger charge is -2.22. The van der Waals surface area contributed by atoms with Crippen molar-refractivity contribution in [2.45, 2.75) is 69.8 Å². The molecule has 134 valence electrons. The summed E-state index contributed by atoms with van der Waals surface area (Å²) >= 11 is 0. The van der Waals surface area contributed by atoms with E-state index >= 15 is 0 Å². The first-order chi connectivity index (χ1) is 12.0. The standard InChI is InChI=1S/C19H25N3O3/c1-11(2)16-15-13(17(23)20-10-19(24)7-3-4-8-19)9-14(12-5-6-12)21-18(15)25-22-16/h9,11-12,24H,3-8,10H2,1-2H3,(H,20,23). The lowest BCUT2D eigenvalue weighted by atomic mass is 10.00. The minimum atomic E-state index is -0.767. The van der Waals surface area contributed by atoms with Crippen LogP contribution in [0.15, 0.2) is 10.6 Å². The molecule has 2 aliphatic carbocycles. The molecule has 2 aromatic heterocycles. The Balaban J connectivity index is 1.68. The average Bonchev–Trinajstić information content (AvgIpc) is 3.20. The molecular weight excluding hydrogens is 318 g/mol. The number of carbonyl (C=O) groups excluding carboxylic acids is 1. The van der Waals surface area contributed by atoms with Crippen molar-refractivity contribution in [2.24, 2.45) is 0 Å². The van der Waals surface area contributed by atoms with Gasteiger partial charge in [0.2, 0.25) is 0 Å². The molecule has 0 atom stereocenters. The molecule has 2 aromatic rings. The Kier molecular flexibility index (Phi) is 4.02. The number of aliphatic hydroxyl groups is 1. The number of fused-ring (bicyclic) bond motifs is 1. The van der Waals surface area contributed by atoms with Crippen molar-refractivity contribution in [3.8, 4) is 0 Å². The first-order valence-corrected chi connectivity index (χ1v) is 9.28. The monoisotopic (exact) mass is 343 g/mol. The Morgan fingerprint density at radius 2 is 2.12 bits per heavy atom. The van der Waals surface area contributed by atoms with Gasteiger partial charge in [-0.3, -0.25) is 4.79 Å². The highest BCUT2D eigenvalue weighted by molar-refractivity contribution is 6.06. The number of hydrogen-bond donors (Lipinski definition) is 2. The molecule has 2 heterocycles. The van der Waals surface area contributed by atoms with Crippen molar-refractivity contribution in [3.63, 3.8) is 0 Å². The van der Waals surface area contributed by atoms with Crippen LogP contribution in [0.4, 0.5) is 0 Å². The summed E-state index contributed by atoms with van der Waals surface area (Å²) in [5.41, 5.74) is 1.91. The zero-order valence-electron chi connectivity index (χ0n) is 14.8. The topological polar surface area (TPSA) is 88.2 Å². The Morgan fingerprint density at radius 3 is 2.76 bits per heavy atom. The molecular formula is C19H25N3O3. The van der Waals surface area contributed by atoms with E-state index in [-0.39, 0.29) is 18.4 Å². The molecule has 4 rings (SSSR count). The minimum Gasteiger partial charge on any atom is -0.388 e. The Labute approximate surface area is 147 Å². The van der Waals surface area contributed by atoms with Gasteiger partial charge in [-0.05, 0) is 37.7 Å². The largest absolute Gasteiger partial charge is 0.388 e. The molecule has 6 heteroatoms. The van der Waals surface area contributed by atoms with Crippen molar-refractivity contribution in [1.29, 1.82) is 0 Å². The third kappa shape index (κ3) is 3.15. The third-order valence-corrected chi connectivity index (χ3v) is 5.39. The van der Waals surface area contributed by atoms with Gasteiger partial charge in [-0.2, -0.15) is 0 Å². The normalized spacial score (nSPS) is 19.7. The summed E-state index contributed by atoms with van der Waals surface area (Å²) in [6, 6.07) is 1.89. The number of aromatic nitrogens is 2. The molecule has 0 spiro atoms. The van der Waals surface area contributed by atoms with Gasteiger partial charge in [0.15, 0.2) is 0 Å². The van der Waals surface area contributed by atoms with Gasteiger partial charge in [0.25, 0.3) is 11.6 Å². The van der Waals surface area contributed by atoms with E-state index in [1.54, 1.807) is 0 Å². The summed E-state index contributed by atoms with van der Waals surface area (Å²) in [6.45, 7) is 4.33. The van der Waals surface area contributed by atoms with Gasteiger partial charge in [-0.15, -0.1) is 0 Å². The molecule has 0 bridgehead atoms. The summed E-state index contributed by atoms with van der Waals surface area (Å²) in [4.78, 5) is 17.5. The minimum absolute atomic E-state index is 0.139. The number of hydrogen-bond acceptors (Lipinski definition) is 5. The van der Waals surface area contributed by atoms with Gasteiger partial charge in [0.1, 0.15) is 0 Å². The molecule has 2 N–H and O–H groups in total. The van der Waals surface area contributed by atoms with Crippen LogP contribution in [-0.2, 0) is 0 Å². The highest BCUT2D eigenvalue weighted by Crippen LogP contribution is 2.41. The van der Waals surface area contributed by atoms with E-state index in [2.05, 4.69) is 15.5 Å². The Bertz CT molecular complexity index is 802. The van der Waals surface area contributed by atoms with Crippen molar-refractivity contribution in [2.75, 3.05) is 6.54 Å². The number of carbonyl (C=O) groups is 1. The van der Waals surface area contributed by atoms with E-state index in [1.165, 1.54) is 0 Å². The average molecular weight is 343 g/mol. The van der Waals surface area contributed by atoms with E-state index in [4.69, 9.17) is 4.52 Å². The van der Waals surface area contributed by atoms with Crippen molar-refractivity contribution >= 4 is 17.0 Å². The molecule has 0 saturated heterocycles. The maximum atomic E-state index is 12.9. The molecule has 2 fully saturated rings. The first-order valence-electron chi connectivity index (χ1n) is 9.28. The summed E-state index contributed by atoms with van der Waals surface area (Å²) in [7, 11) is 0. The smallest absolute Gasteiger partial charge is 0.259 e. The quantitative estimate of drug-likeness (QED) is 0.870. The van der Waals surface area contributed by atoms with Crippen molar-refractivity contribution < 1.29 is 14.4 Å². The molecule has 2 saturated carbocycles. The zero-order valence-corrected chi connectivity index (χ0v) is 14.8. The maximum absolute atomic E-state index is 12.9. The fraction of sp³-hybridized carbons (Fsp3) is 0.632. The fourth-order valence-corrected chi connectivity index (χ4v) is 3.70. The third-order valence-electron chi connectivity index (χ3n) is 5.39. The fourth-order valence-electron chi connectivity index (χ4n) is 3.70. The Hall–Kier alpha value is -1.95. The number of nitrogens with zero attached hydrogens (tertiary/aromatic N) is 2. The van der Waals surface area contributed by atoms with Crippen LogP contribution in [0.25, 0.3) is 11.1 Å². The van der Waals surface area contributed by atoms with Crippen molar-refractivity contribution in [3.05, 3.63) is 23.0 Å². The molecule has 0 aliphatic heterocycles. The molecule has 0 unspecified atom stereocenters. The predicted molar refractivity (Wildman–Crippen MR) is 93.6 cm³/mol. The zero-order chi connectivity index (χ0) is 17.6. The summed E-state index contributed by atoms with van der Waals surface area (Å²) in [6.07, 6.45) is 5.73. The maximum Gasteiger partial charge on any atom is 0.259 e. The van der Waals surface area contributed by atoms with Crippen LogP contribution in [0.3, 0.4) is 0 Å². The van der Waals surface area contributed by atoms with Gasteiger partial charge in [-0.25, -0.2) is 4.98 Å². The molecule has 6 nitrogen and oxygen atoms in total. The highest BCUT2D eigenvalue weighted by Gasteiger charge is 2.33. The van der Waals surface area contributed by atoms with Gasteiger partial charge >= 0.3 is 0 Å². The van der Waals surface area contributed by atoms with E-state index in [9.17, 15) is 9.90 Å².